The molecule has 0 bridgehead atoms. The van der Waals surface area contributed by atoms with Crippen molar-refractivity contribution in [2.24, 2.45) is 5.92 Å². The van der Waals surface area contributed by atoms with Crippen LogP contribution in [0.15, 0.2) is 12.1 Å². The molecule has 142 valence electrons. The average Bonchev–Trinajstić information content (AvgIpc) is 2.53. The van der Waals surface area contributed by atoms with Crippen molar-refractivity contribution in [3.63, 3.8) is 0 Å². The fourth-order valence-electron chi connectivity index (χ4n) is 3.48. The lowest BCUT2D eigenvalue weighted by Gasteiger charge is -2.35. The van der Waals surface area contributed by atoms with Gasteiger partial charge >= 0.3 is 0 Å². The third-order valence-electron chi connectivity index (χ3n) is 5.68. The molecular weight excluding hydrogens is 376 g/mol. The summed E-state index contributed by atoms with van der Waals surface area (Å²) >= 11 is 12.7. The zero-order valence-electron chi connectivity index (χ0n) is 15.5. The molecule has 0 amide bonds. The van der Waals surface area contributed by atoms with Crippen molar-refractivity contribution in [3.05, 3.63) is 33.6 Å². The normalized spacial score (nSPS) is 16.7. The first kappa shape index (κ1) is 21.2. The van der Waals surface area contributed by atoms with Crippen molar-refractivity contribution in [1.82, 2.24) is 5.32 Å². The van der Waals surface area contributed by atoms with Crippen LogP contribution in [-0.2, 0) is 4.43 Å². The molecule has 1 aromatic carbocycles. The van der Waals surface area contributed by atoms with Crippen molar-refractivity contribution in [1.29, 1.82) is 0 Å². The van der Waals surface area contributed by atoms with Gasteiger partial charge in [-0.25, -0.2) is 4.39 Å². The van der Waals surface area contributed by atoms with Gasteiger partial charge < -0.3 is 9.74 Å². The summed E-state index contributed by atoms with van der Waals surface area (Å²) < 4.78 is 20.3. The van der Waals surface area contributed by atoms with E-state index in [1.165, 1.54) is 31.4 Å². The van der Waals surface area contributed by atoms with E-state index < -0.39 is 14.1 Å². The predicted octanol–water partition coefficient (Wildman–Crippen LogP) is 6.59. The van der Waals surface area contributed by atoms with Gasteiger partial charge in [0.05, 0.1) is 16.1 Å². The minimum atomic E-state index is -1.85. The molecule has 2 rings (SSSR count). The fraction of sp³-hybridized carbons (Fsp3) is 0.684. The fourth-order valence-corrected chi connectivity index (χ4v) is 6.99. The van der Waals surface area contributed by atoms with E-state index in [4.69, 9.17) is 27.6 Å². The highest BCUT2D eigenvalue weighted by atomic mass is 35.5. The van der Waals surface area contributed by atoms with E-state index in [0.717, 1.165) is 36.2 Å². The molecule has 2 nitrogen and oxygen atoms in total. The Morgan fingerprint density at radius 1 is 1.16 bits per heavy atom. The number of hydrogen-bond acceptors (Lipinski definition) is 2. The highest BCUT2D eigenvalue weighted by Gasteiger charge is 2.34. The number of benzene rings is 1. The quantitative estimate of drug-likeness (QED) is 0.443. The van der Waals surface area contributed by atoms with Gasteiger partial charge in [0.1, 0.15) is 5.82 Å². The van der Waals surface area contributed by atoms with Crippen LogP contribution in [0.1, 0.15) is 51.7 Å². The molecule has 1 aliphatic rings. The summed E-state index contributed by atoms with van der Waals surface area (Å²) in [7, 11) is -1.85. The topological polar surface area (TPSA) is 21.3 Å². The lowest BCUT2D eigenvalue weighted by molar-refractivity contribution is 0.179. The van der Waals surface area contributed by atoms with E-state index in [1.807, 2.05) is 0 Å². The van der Waals surface area contributed by atoms with Crippen LogP contribution in [0, 0.1) is 11.7 Å². The minimum Gasteiger partial charge on any atom is -0.409 e. The zero-order valence-corrected chi connectivity index (χ0v) is 18.0. The van der Waals surface area contributed by atoms with Crippen LogP contribution in [-0.4, -0.2) is 21.4 Å². The monoisotopic (exact) mass is 405 g/mol. The highest BCUT2D eigenvalue weighted by molar-refractivity contribution is 6.73. The SMILES string of the molecule is CC[Si](CC)(CC)OC(CNCC1CCC1)c1c(Cl)cc(F)cc1Cl. The van der Waals surface area contributed by atoms with Crippen LogP contribution in [0.5, 0.6) is 0 Å². The van der Waals surface area contributed by atoms with Gasteiger partial charge in [-0.05, 0) is 55.6 Å². The average molecular weight is 406 g/mol. The first-order chi connectivity index (χ1) is 11.9. The Kier molecular flexibility index (Phi) is 8.21. The molecule has 25 heavy (non-hydrogen) atoms. The maximum absolute atomic E-state index is 13.6. The van der Waals surface area contributed by atoms with Crippen LogP contribution in [0.3, 0.4) is 0 Å². The Labute approximate surface area is 162 Å². The minimum absolute atomic E-state index is 0.229. The largest absolute Gasteiger partial charge is 0.409 e. The van der Waals surface area contributed by atoms with Gasteiger partial charge in [0.2, 0.25) is 0 Å². The molecule has 1 fully saturated rings. The van der Waals surface area contributed by atoms with E-state index >= 15 is 0 Å². The van der Waals surface area contributed by atoms with E-state index in [0.29, 0.717) is 16.6 Å². The van der Waals surface area contributed by atoms with Crippen molar-refractivity contribution >= 4 is 31.5 Å². The van der Waals surface area contributed by atoms with Gasteiger partial charge in [-0.1, -0.05) is 50.4 Å². The summed E-state index contributed by atoms with van der Waals surface area (Å²) in [4.78, 5) is 0. The molecule has 1 N–H and O–H groups in total. The van der Waals surface area contributed by atoms with Gasteiger partial charge in [-0.15, -0.1) is 0 Å². The molecule has 0 aromatic heterocycles. The molecule has 0 aliphatic heterocycles. The van der Waals surface area contributed by atoms with Crippen LogP contribution < -0.4 is 5.32 Å². The summed E-state index contributed by atoms with van der Waals surface area (Å²) in [5, 5.41) is 4.24. The molecule has 0 spiro atoms. The van der Waals surface area contributed by atoms with Crippen molar-refractivity contribution in [2.45, 2.75) is 64.3 Å². The standard InChI is InChI=1S/C19H30Cl2FNOSi/c1-4-25(5-2,6-3)24-18(13-23-12-14-8-7-9-14)19-16(20)10-15(22)11-17(19)21/h10-11,14,18,23H,4-9,12-13H2,1-3H3. The molecule has 6 heteroatoms. The smallest absolute Gasteiger partial charge is 0.192 e. The Hall–Kier alpha value is -0.133. The predicted molar refractivity (Wildman–Crippen MR) is 108 cm³/mol. The molecule has 0 radical (unpaired) electrons. The second-order valence-corrected chi connectivity index (χ2v) is 12.6. The maximum Gasteiger partial charge on any atom is 0.192 e. The Bertz CT molecular complexity index is 533. The summed E-state index contributed by atoms with van der Waals surface area (Å²) in [6, 6.07) is 5.82. The van der Waals surface area contributed by atoms with Gasteiger partial charge in [-0.2, -0.15) is 0 Å². The van der Waals surface area contributed by atoms with Crippen LogP contribution in [0.25, 0.3) is 0 Å². The Morgan fingerprint density at radius 3 is 2.16 bits per heavy atom. The Balaban J connectivity index is 2.21. The number of hydrogen-bond donors (Lipinski definition) is 1. The molecule has 0 heterocycles. The van der Waals surface area contributed by atoms with Gasteiger partial charge in [0.15, 0.2) is 8.32 Å². The number of halogens is 3. The summed E-state index contributed by atoms with van der Waals surface area (Å²) in [5.74, 6) is 0.357. The van der Waals surface area contributed by atoms with Gasteiger partial charge in [0.25, 0.3) is 0 Å². The third kappa shape index (κ3) is 5.42. The summed E-state index contributed by atoms with van der Waals surface area (Å²) in [6.07, 6.45) is 3.70. The van der Waals surface area contributed by atoms with Gasteiger partial charge in [-0.3, -0.25) is 0 Å². The second-order valence-electron chi connectivity index (χ2n) is 7.09. The van der Waals surface area contributed by atoms with Gasteiger partial charge in [0, 0.05) is 12.1 Å². The highest BCUT2D eigenvalue weighted by Crippen LogP contribution is 2.37. The molecule has 1 unspecified atom stereocenters. The van der Waals surface area contributed by atoms with E-state index in [2.05, 4.69) is 26.1 Å². The summed E-state index contributed by atoms with van der Waals surface area (Å²) in [5.41, 5.74) is 0.720. The van der Waals surface area contributed by atoms with E-state index in [9.17, 15) is 4.39 Å². The molecule has 1 saturated carbocycles. The lowest BCUT2D eigenvalue weighted by Crippen LogP contribution is -2.41. The van der Waals surface area contributed by atoms with E-state index in [-0.39, 0.29) is 6.10 Å². The molecule has 1 atom stereocenters. The second kappa shape index (κ2) is 9.70. The van der Waals surface area contributed by atoms with Crippen LogP contribution >= 0.6 is 23.2 Å². The van der Waals surface area contributed by atoms with Crippen molar-refractivity contribution < 1.29 is 8.82 Å². The lowest BCUT2D eigenvalue weighted by atomic mass is 9.85. The first-order valence-electron chi connectivity index (χ1n) is 9.47. The first-order valence-corrected chi connectivity index (χ1v) is 12.8. The van der Waals surface area contributed by atoms with Crippen LogP contribution in [0.2, 0.25) is 28.2 Å². The molecule has 1 aliphatic carbocycles. The van der Waals surface area contributed by atoms with Crippen LogP contribution in [0.4, 0.5) is 4.39 Å². The number of rotatable bonds is 10. The maximum atomic E-state index is 13.6. The summed E-state index contributed by atoms with van der Waals surface area (Å²) in [6.45, 7) is 8.26. The van der Waals surface area contributed by atoms with E-state index in [1.54, 1.807) is 0 Å². The number of nitrogens with one attached hydrogen (secondary N) is 1. The Morgan fingerprint density at radius 2 is 1.72 bits per heavy atom. The zero-order chi connectivity index (χ0) is 18.4. The van der Waals surface area contributed by atoms with Crippen molar-refractivity contribution in [2.75, 3.05) is 13.1 Å². The molecule has 0 saturated heterocycles. The molecule has 1 aromatic rings. The van der Waals surface area contributed by atoms with Crippen molar-refractivity contribution in [3.8, 4) is 0 Å². The third-order valence-corrected chi connectivity index (χ3v) is 11.0. The molecular formula is C19H30Cl2FNOSi.